The van der Waals surface area contributed by atoms with Crippen molar-refractivity contribution in [3.05, 3.63) is 34.9 Å². The number of halogens is 1. The summed E-state index contributed by atoms with van der Waals surface area (Å²) in [6.07, 6.45) is 1.61. The Labute approximate surface area is 113 Å². The molecule has 2 rings (SSSR count). The number of hydrazine groups is 1. The predicted molar refractivity (Wildman–Crippen MR) is 73.8 cm³/mol. The van der Waals surface area contributed by atoms with Crippen molar-refractivity contribution in [2.45, 2.75) is 0 Å². The molecule has 0 saturated heterocycles. The number of hydrogen-bond donors (Lipinski definition) is 3. The van der Waals surface area contributed by atoms with Crippen LogP contribution in [0.25, 0.3) is 0 Å². The first-order chi connectivity index (χ1) is 8.71. The molecule has 0 fully saturated rings. The van der Waals surface area contributed by atoms with E-state index in [0.29, 0.717) is 11.8 Å². The zero-order valence-corrected chi connectivity index (χ0v) is 11.2. The number of hydrogen-bond acceptors (Lipinski definition) is 6. The van der Waals surface area contributed by atoms with Crippen molar-refractivity contribution in [2.75, 3.05) is 17.9 Å². The van der Waals surface area contributed by atoms with Gasteiger partial charge < -0.3 is 10.1 Å². The van der Waals surface area contributed by atoms with Gasteiger partial charge in [-0.2, -0.15) is 4.98 Å². The molecular formula is C11H12BrN5O. The van der Waals surface area contributed by atoms with E-state index in [9.17, 15) is 0 Å². The number of nitrogens with zero attached hydrogens (tertiary/aromatic N) is 2. The Morgan fingerprint density at radius 3 is 2.89 bits per heavy atom. The molecule has 0 aliphatic heterocycles. The minimum absolute atomic E-state index is 0.349. The van der Waals surface area contributed by atoms with Crippen LogP contribution in [0.4, 0.5) is 17.5 Å². The summed E-state index contributed by atoms with van der Waals surface area (Å²) in [7, 11) is 1.62. The van der Waals surface area contributed by atoms with Crippen LogP contribution in [0.5, 0.6) is 5.75 Å². The van der Waals surface area contributed by atoms with Crippen molar-refractivity contribution in [3.8, 4) is 5.75 Å². The minimum Gasteiger partial charge on any atom is -0.497 e. The molecule has 0 unspecified atom stereocenters. The van der Waals surface area contributed by atoms with Gasteiger partial charge in [0.2, 0.25) is 5.95 Å². The summed E-state index contributed by atoms with van der Waals surface area (Å²) in [6.45, 7) is 0. The van der Waals surface area contributed by atoms with Crippen LogP contribution in [0.2, 0.25) is 0 Å². The Morgan fingerprint density at radius 2 is 2.17 bits per heavy atom. The van der Waals surface area contributed by atoms with Gasteiger partial charge in [-0.1, -0.05) is 15.9 Å². The van der Waals surface area contributed by atoms with Gasteiger partial charge >= 0.3 is 0 Å². The largest absolute Gasteiger partial charge is 0.497 e. The predicted octanol–water partition coefficient (Wildman–Crippen LogP) is 2.28. The third kappa shape index (κ3) is 3.08. The van der Waals surface area contributed by atoms with Gasteiger partial charge in [-0.25, -0.2) is 10.8 Å². The molecule has 0 aliphatic rings. The quantitative estimate of drug-likeness (QED) is 0.593. The molecule has 1 aromatic heterocycles. The maximum atomic E-state index is 5.25. The number of anilines is 3. The van der Waals surface area contributed by atoms with Gasteiger partial charge in [-0.3, -0.25) is 5.43 Å². The van der Waals surface area contributed by atoms with E-state index in [1.807, 2.05) is 18.2 Å². The van der Waals surface area contributed by atoms with E-state index in [-0.39, 0.29) is 0 Å². The average molecular weight is 310 g/mol. The normalized spacial score (nSPS) is 9.94. The number of nitrogens with one attached hydrogen (secondary N) is 2. The summed E-state index contributed by atoms with van der Waals surface area (Å²) < 4.78 is 6.10. The Hall–Kier alpha value is -1.86. The van der Waals surface area contributed by atoms with E-state index < -0.39 is 0 Å². The maximum absolute atomic E-state index is 5.25. The monoisotopic (exact) mass is 309 g/mol. The van der Waals surface area contributed by atoms with Crippen LogP contribution in [0.1, 0.15) is 0 Å². The number of aromatic nitrogens is 2. The Kier molecular flexibility index (Phi) is 3.96. The van der Waals surface area contributed by atoms with E-state index in [2.05, 4.69) is 36.6 Å². The third-order valence-corrected chi connectivity index (χ3v) is 2.62. The smallest absolute Gasteiger partial charge is 0.239 e. The van der Waals surface area contributed by atoms with Gasteiger partial charge in [0.05, 0.1) is 7.11 Å². The summed E-state index contributed by atoms with van der Waals surface area (Å²) >= 11 is 3.41. The average Bonchev–Trinajstić information content (AvgIpc) is 2.38. The lowest BCUT2D eigenvalue weighted by atomic mass is 10.3. The molecule has 0 atom stereocenters. The molecule has 6 nitrogen and oxygen atoms in total. The fraction of sp³-hybridized carbons (Fsp3) is 0.0909. The second kappa shape index (κ2) is 5.65. The first-order valence-electron chi connectivity index (χ1n) is 5.12. The number of nitrogens with two attached hydrogens (primary N) is 1. The summed E-state index contributed by atoms with van der Waals surface area (Å²) in [5, 5.41) is 3.14. The molecule has 0 aliphatic carbocycles. The first kappa shape index (κ1) is 12.6. The van der Waals surface area contributed by atoms with Gasteiger partial charge in [-0.05, 0) is 18.2 Å². The van der Waals surface area contributed by atoms with Gasteiger partial charge in [0.1, 0.15) is 11.6 Å². The molecule has 1 heterocycles. The van der Waals surface area contributed by atoms with E-state index in [0.717, 1.165) is 15.9 Å². The van der Waals surface area contributed by atoms with E-state index in [1.165, 1.54) is 0 Å². The second-order valence-corrected chi connectivity index (χ2v) is 4.33. The first-order valence-corrected chi connectivity index (χ1v) is 5.92. The fourth-order valence-electron chi connectivity index (χ4n) is 1.40. The Bertz CT molecular complexity index is 549. The fourth-order valence-corrected chi connectivity index (χ4v) is 1.87. The molecule has 0 bridgehead atoms. The highest BCUT2D eigenvalue weighted by molar-refractivity contribution is 9.10. The molecular weight excluding hydrogens is 298 g/mol. The highest BCUT2D eigenvalue weighted by Crippen LogP contribution is 2.26. The number of benzene rings is 1. The van der Waals surface area contributed by atoms with Crippen LogP contribution in [0, 0.1) is 0 Å². The number of rotatable bonds is 4. The Balaban J connectivity index is 2.24. The highest BCUT2D eigenvalue weighted by Gasteiger charge is 2.02. The van der Waals surface area contributed by atoms with Crippen LogP contribution < -0.4 is 21.3 Å². The number of ether oxygens (including phenoxy) is 1. The van der Waals surface area contributed by atoms with Gasteiger partial charge in [0, 0.05) is 22.4 Å². The molecule has 18 heavy (non-hydrogen) atoms. The van der Waals surface area contributed by atoms with E-state index >= 15 is 0 Å². The molecule has 94 valence electrons. The van der Waals surface area contributed by atoms with Crippen LogP contribution >= 0.6 is 15.9 Å². The maximum Gasteiger partial charge on any atom is 0.239 e. The summed E-state index contributed by atoms with van der Waals surface area (Å²) in [6, 6.07) is 7.40. The summed E-state index contributed by atoms with van der Waals surface area (Å²) in [4.78, 5) is 8.09. The number of methoxy groups -OCH3 is 1. The second-order valence-electron chi connectivity index (χ2n) is 3.41. The summed E-state index contributed by atoms with van der Waals surface area (Å²) in [5.41, 5.74) is 3.24. The standard InChI is InChI=1S/C11H12BrN5O/c1-18-9-5-7(12)4-8(6-9)15-10-2-3-14-11(16-10)17-13/h2-6H,13H2,1H3,(H2,14,15,16,17). The molecule has 0 saturated carbocycles. The molecule has 1 aromatic carbocycles. The van der Waals surface area contributed by atoms with Crippen LogP contribution in [0.15, 0.2) is 34.9 Å². The minimum atomic E-state index is 0.349. The van der Waals surface area contributed by atoms with Crippen LogP contribution in [-0.2, 0) is 0 Å². The zero-order valence-electron chi connectivity index (χ0n) is 9.64. The topological polar surface area (TPSA) is 85.1 Å². The lowest BCUT2D eigenvalue weighted by Gasteiger charge is -2.09. The van der Waals surface area contributed by atoms with Gasteiger partial charge in [0.15, 0.2) is 0 Å². The molecule has 0 radical (unpaired) electrons. The Morgan fingerprint density at radius 1 is 1.33 bits per heavy atom. The van der Waals surface area contributed by atoms with Gasteiger partial charge in [0.25, 0.3) is 0 Å². The lowest BCUT2D eigenvalue weighted by molar-refractivity contribution is 0.415. The molecule has 7 heteroatoms. The van der Waals surface area contributed by atoms with Crippen molar-refractivity contribution in [1.82, 2.24) is 9.97 Å². The van der Waals surface area contributed by atoms with Crippen molar-refractivity contribution in [3.63, 3.8) is 0 Å². The van der Waals surface area contributed by atoms with Crippen LogP contribution in [-0.4, -0.2) is 17.1 Å². The summed E-state index contributed by atoms with van der Waals surface area (Å²) in [5.74, 6) is 6.99. The van der Waals surface area contributed by atoms with Gasteiger partial charge in [-0.15, -0.1) is 0 Å². The third-order valence-electron chi connectivity index (χ3n) is 2.16. The van der Waals surface area contributed by atoms with Crippen molar-refractivity contribution in [1.29, 1.82) is 0 Å². The SMILES string of the molecule is COc1cc(Br)cc(Nc2ccnc(NN)n2)c1. The lowest BCUT2D eigenvalue weighted by Crippen LogP contribution is -2.10. The number of nitrogen functional groups attached to an aromatic ring is 1. The molecule has 0 spiro atoms. The van der Waals surface area contributed by atoms with E-state index in [1.54, 1.807) is 19.4 Å². The van der Waals surface area contributed by atoms with E-state index in [4.69, 9.17) is 10.6 Å². The zero-order chi connectivity index (χ0) is 13.0. The molecule has 2 aromatic rings. The van der Waals surface area contributed by atoms with Crippen molar-refractivity contribution < 1.29 is 4.74 Å². The highest BCUT2D eigenvalue weighted by atomic mass is 79.9. The van der Waals surface area contributed by atoms with Crippen LogP contribution in [0.3, 0.4) is 0 Å². The molecule has 0 amide bonds. The molecule has 4 N–H and O–H groups in total. The van der Waals surface area contributed by atoms with Crippen molar-refractivity contribution >= 4 is 33.4 Å². The van der Waals surface area contributed by atoms with Crippen molar-refractivity contribution in [2.24, 2.45) is 5.84 Å².